The van der Waals surface area contributed by atoms with Crippen LogP contribution in [0.5, 0.6) is 0 Å². The zero-order valence-corrected chi connectivity index (χ0v) is 10.2. The van der Waals surface area contributed by atoms with Crippen molar-refractivity contribution in [2.75, 3.05) is 19.6 Å². The predicted octanol–water partition coefficient (Wildman–Crippen LogP) is -0.663. The molecule has 18 heavy (non-hydrogen) atoms. The van der Waals surface area contributed by atoms with Gasteiger partial charge in [-0.05, 0) is 0 Å². The number of rotatable bonds is 7. The summed E-state index contributed by atoms with van der Waals surface area (Å²) in [6, 6.07) is -1.39. The van der Waals surface area contributed by atoms with Crippen LogP contribution < -0.4 is 5.32 Å². The molecule has 0 unspecified atom stereocenters. The van der Waals surface area contributed by atoms with Crippen LogP contribution >= 0.6 is 0 Å². The summed E-state index contributed by atoms with van der Waals surface area (Å²) in [5.41, 5.74) is 0. The lowest BCUT2D eigenvalue weighted by Crippen LogP contribution is -2.50. The smallest absolute Gasteiger partial charge is 0.334 e. The first kappa shape index (κ1) is 16.6. The van der Waals surface area contributed by atoms with E-state index in [0.29, 0.717) is 6.41 Å². The molecular formula is C9H14B3N3O3. The molecule has 0 aliphatic rings. The zero-order valence-electron chi connectivity index (χ0n) is 10.2. The quantitative estimate of drug-likeness (QED) is 0.477. The molecule has 0 fully saturated rings. The molecule has 0 bridgehead atoms. The second-order valence-corrected chi connectivity index (χ2v) is 3.33. The van der Waals surface area contributed by atoms with Crippen molar-refractivity contribution in [2.24, 2.45) is 0 Å². The van der Waals surface area contributed by atoms with Gasteiger partial charge in [-0.3, -0.25) is 9.69 Å². The highest BCUT2D eigenvalue weighted by Gasteiger charge is 2.24. The van der Waals surface area contributed by atoms with Crippen LogP contribution in [0.15, 0.2) is 0 Å². The van der Waals surface area contributed by atoms with E-state index < -0.39 is 12.1 Å². The maximum absolute atomic E-state index is 11.9. The van der Waals surface area contributed by atoms with E-state index in [4.69, 9.17) is 23.5 Å². The highest BCUT2D eigenvalue weighted by atomic mass is 16.2. The molecule has 0 aromatic carbocycles. The summed E-state index contributed by atoms with van der Waals surface area (Å²) in [7, 11) is 15.8. The highest BCUT2D eigenvalue weighted by Crippen LogP contribution is 2.00. The Labute approximate surface area is 111 Å². The summed E-state index contributed by atoms with van der Waals surface area (Å²) in [6.07, 6.45) is 0.786. The molecule has 9 heteroatoms. The Kier molecular flexibility index (Phi) is 8.87. The monoisotopic (exact) mass is 245 g/mol. The Morgan fingerprint density at radius 3 is 2.11 bits per heavy atom. The maximum Gasteiger partial charge on any atom is 0.334 e. The summed E-state index contributed by atoms with van der Waals surface area (Å²) < 4.78 is 0. The average molecular weight is 245 g/mol. The summed E-state index contributed by atoms with van der Waals surface area (Å²) >= 11 is 0. The van der Waals surface area contributed by atoms with Crippen molar-refractivity contribution in [3.8, 4) is 0 Å². The molecule has 0 aliphatic heterocycles. The molecule has 92 valence electrons. The molecule has 0 atom stereocenters. The van der Waals surface area contributed by atoms with E-state index in [0.717, 1.165) is 9.80 Å². The van der Waals surface area contributed by atoms with Crippen molar-refractivity contribution in [2.45, 2.75) is 19.0 Å². The summed E-state index contributed by atoms with van der Waals surface area (Å²) in [5, 5.41) is 2.43. The van der Waals surface area contributed by atoms with E-state index in [1.807, 2.05) is 0 Å². The maximum atomic E-state index is 11.9. The van der Waals surface area contributed by atoms with Gasteiger partial charge in [0.1, 0.15) is 0 Å². The first-order valence-corrected chi connectivity index (χ1v) is 5.53. The van der Waals surface area contributed by atoms with Crippen molar-refractivity contribution in [1.29, 1.82) is 0 Å². The van der Waals surface area contributed by atoms with Crippen LogP contribution in [-0.2, 0) is 4.79 Å². The second-order valence-electron chi connectivity index (χ2n) is 3.33. The molecule has 5 amide bonds. The first-order valence-electron chi connectivity index (χ1n) is 5.53. The molecule has 6 nitrogen and oxygen atoms in total. The van der Waals surface area contributed by atoms with Crippen molar-refractivity contribution in [3.63, 3.8) is 0 Å². The molecular weight excluding hydrogens is 231 g/mol. The summed E-state index contributed by atoms with van der Waals surface area (Å²) in [4.78, 5) is 35.9. The average Bonchev–Trinajstić information content (AvgIpc) is 2.38. The van der Waals surface area contributed by atoms with E-state index in [9.17, 15) is 14.4 Å². The van der Waals surface area contributed by atoms with Crippen LogP contribution in [0.25, 0.3) is 0 Å². The van der Waals surface area contributed by atoms with Crippen LogP contribution in [0.3, 0.4) is 0 Å². The molecule has 6 radical (unpaired) electrons. The molecule has 0 rings (SSSR count). The van der Waals surface area contributed by atoms with Crippen molar-refractivity contribution >= 4 is 42.0 Å². The third-order valence-corrected chi connectivity index (χ3v) is 1.99. The molecule has 0 aromatic rings. The van der Waals surface area contributed by atoms with E-state index in [-0.39, 0.29) is 38.6 Å². The molecule has 0 aromatic heterocycles. The lowest BCUT2D eigenvalue weighted by molar-refractivity contribution is -0.115. The van der Waals surface area contributed by atoms with Crippen LogP contribution in [0, 0.1) is 0 Å². The largest absolute Gasteiger partial charge is 0.338 e. The topological polar surface area (TPSA) is 69.7 Å². The fraction of sp³-hybridized carbons (Fsp3) is 0.667. The standard InChI is InChI=1S/C9H14B3N3O3/c10-1-4-13-8(17)15(6-3-12)9(18)14(7-16)5-2-11/h7H,1-6H2,(H,13,17). The molecule has 0 heterocycles. The van der Waals surface area contributed by atoms with Gasteiger partial charge < -0.3 is 5.32 Å². The number of nitrogens with one attached hydrogen (secondary N) is 1. The van der Waals surface area contributed by atoms with Gasteiger partial charge in [0.25, 0.3) is 0 Å². The van der Waals surface area contributed by atoms with Gasteiger partial charge in [-0.25, -0.2) is 14.5 Å². The molecule has 1 N–H and O–H groups in total. The molecule has 0 saturated carbocycles. The Balaban J connectivity index is 4.69. The minimum Gasteiger partial charge on any atom is -0.338 e. The number of imide groups is 2. The van der Waals surface area contributed by atoms with Gasteiger partial charge in [0.15, 0.2) is 0 Å². The van der Waals surface area contributed by atoms with Crippen LogP contribution in [-0.4, -0.2) is 71.4 Å². The fourth-order valence-corrected chi connectivity index (χ4v) is 1.18. The van der Waals surface area contributed by atoms with Crippen molar-refractivity contribution in [1.82, 2.24) is 15.1 Å². The molecule has 0 spiro atoms. The third-order valence-electron chi connectivity index (χ3n) is 1.99. The third kappa shape index (κ3) is 5.29. The van der Waals surface area contributed by atoms with Gasteiger partial charge >= 0.3 is 12.1 Å². The number of carbonyl (C=O) groups excluding carboxylic acids is 3. The zero-order chi connectivity index (χ0) is 14.0. The first-order chi connectivity index (χ1) is 8.62. The number of carbonyl (C=O) groups is 3. The Morgan fingerprint density at radius 1 is 1.06 bits per heavy atom. The molecule has 0 saturated heterocycles. The van der Waals surface area contributed by atoms with E-state index in [1.54, 1.807) is 0 Å². The van der Waals surface area contributed by atoms with Gasteiger partial charge in [-0.1, -0.05) is 19.0 Å². The minimum absolute atomic E-state index is 0.00412. The Bertz CT molecular complexity index is 291. The SMILES string of the molecule is [B]CCNC(=O)N(CC[B])C(=O)N(C=O)CC[B]. The number of urea groups is 2. The van der Waals surface area contributed by atoms with Gasteiger partial charge in [0.05, 0.1) is 23.5 Å². The lowest BCUT2D eigenvalue weighted by atomic mass is 10.0. The Hall–Kier alpha value is -1.40. The second kappa shape index (κ2) is 9.62. The van der Waals surface area contributed by atoms with E-state index in [1.165, 1.54) is 0 Å². The number of amides is 5. The van der Waals surface area contributed by atoms with Crippen molar-refractivity contribution < 1.29 is 14.4 Å². The Morgan fingerprint density at radius 2 is 1.67 bits per heavy atom. The molecule has 0 aliphatic carbocycles. The van der Waals surface area contributed by atoms with Crippen molar-refractivity contribution in [3.05, 3.63) is 0 Å². The van der Waals surface area contributed by atoms with E-state index in [2.05, 4.69) is 5.32 Å². The summed E-state index contributed by atoms with van der Waals surface area (Å²) in [6.45, 7) is 0.267. The van der Waals surface area contributed by atoms with Gasteiger partial charge in [-0.2, -0.15) is 0 Å². The number of hydrogen-bond acceptors (Lipinski definition) is 3. The van der Waals surface area contributed by atoms with Crippen LogP contribution in [0.1, 0.15) is 0 Å². The highest BCUT2D eigenvalue weighted by molar-refractivity contribution is 6.10. The fourth-order valence-electron chi connectivity index (χ4n) is 1.18. The number of nitrogens with zero attached hydrogens (tertiary/aromatic N) is 2. The predicted molar refractivity (Wildman–Crippen MR) is 70.0 cm³/mol. The van der Waals surface area contributed by atoms with Crippen LogP contribution in [0.4, 0.5) is 9.59 Å². The lowest BCUT2D eigenvalue weighted by Gasteiger charge is -2.25. The van der Waals surface area contributed by atoms with Gasteiger partial charge in [0.2, 0.25) is 6.41 Å². The number of hydrogen-bond donors (Lipinski definition) is 1. The van der Waals surface area contributed by atoms with E-state index >= 15 is 0 Å². The normalized spacial score (nSPS) is 9.56. The van der Waals surface area contributed by atoms with Gasteiger partial charge in [0, 0.05) is 19.6 Å². The van der Waals surface area contributed by atoms with Gasteiger partial charge in [-0.15, -0.1) is 0 Å². The summed E-state index contributed by atoms with van der Waals surface area (Å²) in [5.74, 6) is 0. The van der Waals surface area contributed by atoms with Crippen LogP contribution in [0.2, 0.25) is 19.0 Å². The minimum atomic E-state index is -0.754.